The summed E-state index contributed by atoms with van der Waals surface area (Å²) in [4.78, 5) is 10.5. The summed E-state index contributed by atoms with van der Waals surface area (Å²) >= 11 is 0. The summed E-state index contributed by atoms with van der Waals surface area (Å²) in [6.45, 7) is 4.07. The van der Waals surface area contributed by atoms with Crippen LogP contribution in [0.1, 0.15) is 24.1 Å². The zero-order valence-corrected chi connectivity index (χ0v) is 13.0. The van der Waals surface area contributed by atoms with Crippen molar-refractivity contribution in [3.8, 4) is 5.88 Å². The molecule has 0 saturated carbocycles. The molecule has 0 spiro atoms. The SMILES string of the molecule is Cc1cncc(OC2CCN(Cc3cc(F)cc(F)c3)CC2)n1. The summed E-state index contributed by atoms with van der Waals surface area (Å²) in [7, 11) is 0. The van der Waals surface area contributed by atoms with Crippen LogP contribution in [0.15, 0.2) is 30.6 Å². The summed E-state index contributed by atoms with van der Waals surface area (Å²) in [5, 5.41) is 0. The second-order valence-corrected chi connectivity index (χ2v) is 5.87. The molecule has 1 aliphatic heterocycles. The zero-order chi connectivity index (χ0) is 16.2. The number of likely N-dealkylation sites (tertiary alicyclic amines) is 1. The maximum atomic E-state index is 13.2. The predicted molar refractivity (Wildman–Crippen MR) is 82.1 cm³/mol. The Hall–Kier alpha value is -2.08. The summed E-state index contributed by atoms with van der Waals surface area (Å²) < 4.78 is 32.3. The molecule has 1 aromatic heterocycles. The van der Waals surface area contributed by atoms with E-state index >= 15 is 0 Å². The van der Waals surface area contributed by atoms with Crippen molar-refractivity contribution in [2.45, 2.75) is 32.4 Å². The van der Waals surface area contributed by atoms with Crippen LogP contribution in [-0.4, -0.2) is 34.1 Å². The van der Waals surface area contributed by atoms with Crippen molar-refractivity contribution in [2.75, 3.05) is 13.1 Å². The Kier molecular flexibility index (Phi) is 4.81. The van der Waals surface area contributed by atoms with E-state index in [1.807, 2.05) is 6.92 Å². The molecule has 1 aliphatic rings. The Morgan fingerprint density at radius 2 is 1.83 bits per heavy atom. The lowest BCUT2D eigenvalue weighted by molar-refractivity contribution is 0.0926. The molecular weight excluding hydrogens is 300 g/mol. The number of aromatic nitrogens is 2. The fourth-order valence-electron chi connectivity index (χ4n) is 2.81. The highest BCUT2D eigenvalue weighted by atomic mass is 19.1. The van der Waals surface area contributed by atoms with E-state index in [2.05, 4.69) is 14.9 Å². The third-order valence-electron chi connectivity index (χ3n) is 3.88. The van der Waals surface area contributed by atoms with Crippen molar-refractivity contribution in [2.24, 2.45) is 0 Å². The third-order valence-corrected chi connectivity index (χ3v) is 3.88. The highest BCUT2D eigenvalue weighted by molar-refractivity contribution is 5.18. The Labute approximate surface area is 134 Å². The van der Waals surface area contributed by atoms with Crippen LogP contribution in [-0.2, 0) is 6.54 Å². The average Bonchev–Trinajstić information content (AvgIpc) is 2.48. The van der Waals surface area contributed by atoms with Gasteiger partial charge in [-0.15, -0.1) is 0 Å². The summed E-state index contributed by atoms with van der Waals surface area (Å²) in [5.74, 6) is -0.511. The van der Waals surface area contributed by atoms with Gasteiger partial charge >= 0.3 is 0 Å². The number of piperidine rings is 1. The van der Waals surface area contributed by atoms with Gasteiger partial charge in [0.05, 0.1) is 11.9 Å². The largest absolute Gasteiger partial charge is 0.473 e. The fraction of sp³-hybridized carbons (Fsp3) is 0.412. The number of aryl methyl sites for hydroxylation is 1. The molecule has 122 valence electrons. The van der Waals surface area contributed by atoms with Crippen LogP contribution in [0.4, 0.5) is 8.78 Å². The molecule has 1 fully saturated rings. The van der Waals surface area contributed by atoms with E-state index < -0.39 is 11.6 Å². The molecule has 6 heteroatoms. The number of benzene rings is 1. The van der Waals surface area contributed by atoms with Gasteiger partial charge in [0.1, 0.15) is 17.7 Å². The van der Waals surface area contributed by atoms with Gasteiger partial charge in [-0.05, 0) is 37.5 Å². The first-order chi connectivity index (χ1) is 11.1. The van der Waals surface area contributed by atoms with Gasteiger partial charge < -0.3 is 4.74 Å². The Balaban J connectivity index is 1.52. The van der Waals surface area contributed by atoms with E-state index in [1.165, 1.54) is 12.1 Å². The second-order valence-electron chi connectivity index (χ2n) is 5.87. The molecule has 0 amide bonds. The van der Waals surface area contributed by atoms with Crippen LogP contribution in [0.3, 0.4) is 0 Å². The van der Waals surface area contributed by atoms with Crippen molar-refractivity contribution in [1.82, 2.24) is 14.9 Å². The number of hydrogen-bond donors (Lipinski definition) is 0. The fourth-order valence-corrected chi connectivity index (χ4v) is 2.81. The van der Waals surface area contributed by atoms with Crippen LogP contribution in [0.25, 0.3) is 0 Å². The predicted octanol–water partition coefficient (Wildman–Crippen LogP) is 3.11. The van der Waals surface area contributed by atoms with E-state index in [1.54, 1.807) is 12.4 Å². The molecule has 0 bridgehead atoms. The van der Waals surface area contributed by atoms with E-state index in [9.17, 15) is 8.78 Å². The smallest absolute Gasteiger partial charge is 0.232 e. The topological polar surface area (TPSA) is 38.2 Å². The van der Waals surface area contributed by atoms with E-state index in [0.717, 1.165) is 37.7 Å². The lowest BCUT2D eigenvalue weighted by Gasteiger charge is -2.31. The Morgan fingerprint density at radius 3 is 2.48 bits per heavy atom. The molecule has 0 unspecified atom stereocenters. The van der Waals surface area contributed by atoms with Crippen molar-refractivity contribution in [1.29, 1.82) is 0 Å². The van der Waals surface area contributed by atoms with Gasteiger partial charge in [0, 0.05) is 31.9 Å². The molecule has 0 aliphatic carbocycles. The molecule has 0 N–H and O–H groups in total. The van der Waals surface area contributed by atoms with Gasteiger partial charge in [0.2, 0.25) is 5.88 Å². The van der Waals surface area contributed by atoms with Gasteiger partial charge in [0.15, 0.2) is 0 Å². The number of ether oxygens (including phenoxy) is 1. The number of nitrogens with zero attached hydrogens (tertiary/aromatic N) is 3. The average molecular weight is 319 g/mol. The molecule has 0 atom stereocenters. The maximum Gasteiger partial charge on any atom is 0.232 e. The number of rotatable bonds is 4. The molecule has 23 heavy (non-hydrogen) atoms. The quantitative estimate of drug-likeness (QED) is 0.868. The number of hydrogen-bond acceptors (Lipinski definition) is 4. The van der Waals surface area contributed by atoms with Crippen molar-refractivity contribution in [3.63, 3.8) is 0 Å². The van der Waals surface area contributed by atoms with Gasteiger partial charge in [-0.2, -0.15) is 0 Å². The maximum absolute atomic E-state index is 13.2. The van der Waals surface area contributed by atoms with Crippen LogP contribution in [0.5, 0.6) is 5.88 Å². The lowest BCUT2D eigenvalue weighted by Crippen LogP contribution is -2.38. The van der Waals surface area contributed by atoms with E-state index in [4.69, 9.17) is 4.74 Å². The molecule has 4 nitrogen and oxygen atoms in total. The lowest BCUT2D eigenvalue weighted by atomic mass is 10.1. The van der Waals surface area contributed by atoms with Crippen molar-refractivity contribution in [3.05, 3.63) is 53.5 Å². The second kappa shape index (κ2) is 7.00. The normalized spacial score (nSPS) is 16.5. The first-order valence-corrected chi connectivity index (χ1v) is 7.71. The first-order valence-electron chi connectivity index (χ1n) is 7.71. The van der Waals surface area contributed by atoms with Crippen LogP contribution >= 0.6 is 0 Å². The minimum absolute atomic E-state index is 0.103. The first kappa shape index (κ1) is 15.8. The monoisotopic (exact) mass is 319 g/mol. The number of halogens is 2. The van der Waals surface area contributed by atoms with Gasteiger partial charge in [-0.1, -0.05) is 0 Å². The van der Waals surface area contributed by atoms with Gasteiger partial charge in [0.25, 0.3) is 0 Å². The Morgan fingerprint density at radius 1 is 1.13 bits per heavy atom. The molecule has 2 aromatic rings. The van der Waals surface area contributed by atoms with E-state index in [0.29, 0.717) is 18.0 Å². The van der Waals surface area contributed by atoms with Crippen molar-refractivity contribution < 1.29 is 13.5 Å². The van der Waals surface area contributed by atoms with Crippen LogP contribution in [0, 0.1) is 18.6 Å². The van der Waals surface area contributed by atoms with Crippen LogP contribution in [0.2, 0.25) is 0 Å². The molecular formula is C17H19F2N3O. The molecule has 3 rings (SSSR count). The summed E-state index contributed by atoms with van der Waals surface area (Å²) in [6.07, 6.45) is 5.12. The zero-order valence-electron chi connectivity index (χ0n) is 13.0. The van der Waals surface area contributed by atoms with Crippen LogP contribution < -0.4 is 4.74 Å². The minimum atomic E-state index is -0.531. The molecule has 2 heterocycles. The third kappa shape index (κ3) is 4.45. The summed E-state index contributed by atoms with van der Waals surface area (Å²) in [6, 6.07) is 3.66. The highest BCUT2D eigenvalue weighted by Gasteiger charge is 2.21. The minimum Gasteiger partial charge on any atom is -0.473 e. The highest BCUT2D eigenvalue weighted by Crippen LogP contribution is 2.19. The van der Waals surface area contributed by atoms with Gasteiger partial charge in [-0.3, -0.25) is 9.88 Å². The summed E-state index contributed by atoms with van der Waals surface area (Å²) in [5.41, 5.74) is 1.49. The Bertz CT molecular complexity index is 652. The molecule has 1 saturated heterocycles. The van der Waals surface area contributed by atoms with Crippen molar-refractivity contribution >= 4 is 0 Å². The van der Waals surface area contributed by atoms with E-state index in [-0.39, 0.29) is 6.10 Å². The van der Waals surface area contributed by atoms with Gasteiger partial charge in [-0.25, -0.2) is 13.8 Å². The molecule has 0 radical (unpaired) electrons. The standard InChI is InChI=1S/C17H19F2N3O/c1-12-9-20-10-17(21-12)23-16-2-4-22(5-3-16)11-13-6-14(18)8-15(19)7-13/h6-10,16H,2-5,11H2,1H3. The molecule has 1 aromatic carbocycles.